The fourth-order valence-electron chi connectivity index (χ4n) is 2.77. The number of nitrogens with zero attached hydrogens (tertiary/aromatic N) is 2. The summed E-state index contributed by atoms with van der Waals surface area (Å²) in [5.41, 5.74) is 3.29. The van der Waals surface area contributed by atoms with E-state index in [1.165, 1.54) is 30.2 Å². The molecule has 1 amide bonds. The Labute approximate surface area is 182 Å². The Balaban J connectivity index is 1.86. The Morgan fingerprint density at radius 3 is 2.79 bits per heavy atom. The van der Waals surface area contributed by atoms with Gasteiger partial charge in [0.15, 0.2) is 5.82 Å². The topological polar surface area (TPSA) is 139 Å². The van der Waals surface area contributed by atoms with Gasteiger partial charge >= 0.3 is 0 Å². The van der Waals surface area contributed by atoms with Crippen LogP contribution in [-0.2, 0) is 14.8 Å². The maximum atomic E-state index is 12.9. The molecule has 0 saturated heterocycles. The van der Waals surface area contributed by atoms with E-state index in [2.05, 4.69) is 25.4 Å². The van der Waals surface area contributed by atoms with E-state index in [1.54, 1.807) is 6.92 Å². The number of sulfonamides is 1. The van der Waals surface area contributed by atoms with Gasteiger partial charge in [0.05, 0.1) is 43.7 Å². The highest BCUT2D eigenvalue weighted by molar-refractivity contribution is 7.99. The number of aromatic nitrogens is 2. The molecule has 1 atom stereocenters. The summed E-state index contributed by atoms with van der Waals surface area (Å²) in [6.45, 7) is 1.75. The predicted octanol–water partition coefficient (Wildman–Crippen LogP) is 3.05. The van der Waals surface area contributed by atoms with E-state index < -0.39 is 15.9 Å². The Hall–Kier alpha value is -1.79. The molecular formula is C16H18Cl2N6O3S2. The fraction of sp³-hybridized carbons (Fsp3) is 0.312. The maximum absolute atomic E-state index is 12.9. The third-order valence-electron chi connectivity index (χ3n) is 4.09. The van der Waals surface area contributed by atoms with E-state index in [0.29, 0.717) is 28.6 Å². The zero-order valence-corrected chi connectivity index (χ0v) is 18.3. The lowest BCUT2D eigenvalue weighted by atomic mass is 10.1. The van der Waals surface area contributed by atoms with Gasteiger partial charge in [-0.25, -0.2) is 24.2 Å². The van der Waals surface area contributed by atoms with Crippen LogP contribution in [0.25, 0.3) is 0 Å². The average Bonchev–Trinajstić information content (AvgIpc) is 3.11. The van der Waals surface area contributed by atoms with Gasteiger partial charge in [-0.2, -0.15) is 0 Å². The number of benzene rings is 1. The van der Waals surface area contributed by atoms with Gasteiger partial charge < -0.3 is 10.7 Å². The highest BCUT2D eigenvalue weighted by atomic mass is 35.5. The Kier molecular flexibility index (Phi) is 6.74. The second kappa shape index (κ2) is 8.92. The maximum Gasteiger partial charge on any atom is 0.234 e. The summed E-state index contributed by atoms with van der Waals surface area (Å²) in [5, 5.41) is 2.88. The average molecular weight is 477 g/mol. The molecule has 2 aromatic rings. The van der Waals surface area contributed by atoms with Crippen LogP contribution in [0, 0.1) is 0 Å². The summed E-state index contributed by atoms with van der Waals surface area (Å²) in [5.74, 6) is 5.33. The molecular weight excluding hydrogens is 459 g/mol. The van der Waals surface area contributed by atoms with Crippen molar-refractivity contribution in [1.82, 2.24) is 9.97 Å². The smallest absolute Gasteiger partial charge is 0.234 e. The summed E-state index contributed by atoms with van der Waals surface area (Å²) in [6.07, 6.45) is 1.77. The molecule has 156 valence electrons. The van der Waals surface area contributed by atoms with E-state index in [0.717, 1.165) is 0 Å². The van der Waals surface area contributed by atoms with E-state index >= 15 is 0 Å². The largest absolute Gasteiger partial charge is 0.323 e. The van der Waals surface area contributed by atoms with Crippen LogP contribution in [0.5, 0.6) is 0 Å². The molecule has 9 nitrogen and oxygen atoms in total. The molecule has 0 aliphatic carbocycles. The number of carbonyl (C=O) groups excluding carboxylic acids is 1. The number of carbonyl (C=O) groups is 1. The van der Waals surface area contributed by atoms with Gasteiger partial charge in [0.25, 0.3) is 0 Å². The van der Waals surface area contributed by atoms with Crippen LogP contribution in [0.15, 0.2) is 23.4 Å². The minimum atomic E-state index is -3.56. The second-order valence-corrected chi connectivity index (χ2v) is 9.80. The van der Waals surface area contributed by atoms with Crippen molar-refractivity contribution in [1.29, 1.82) is 0 Å². The molecule has 1 aliphatic heterocycles. The highest BCUT2D eigenvalue weighted by Crippen LogP contribution is 2.43. The van der Waals surface area contributed by atoms with Crippen LogP contribution >= 0.6 is 35.0 Å². The van der Waals surface area contributed by atoms with Crippen LogP contribution in [0.3, 0.4) is 0 Å². The number of anilines is 3. The van der Waals surface area contributed by atoms with Crippen molar-refractivity contribution in [2.75, 3.05) is 27.0 Å². The number of hydrazine groups is 1. The number of rotatable bonds is 7. The van der Waals surface area contributed by atoms with E-state index in [-0.39, 0.29) is 33.1 Å². The molecule has 29 heavy (non-hydrogen) atoms. The zero-order valence-electron chi connectivity index (χ0n) is 15.2. The van der Waals surface area contributed by atoms with Crippen molar-refractivity contribution in [3.8, 4) is 0 Å². The van der Waals surface area contributed by atoms with Crippen LogP contribution in [0.1, 0.15) is 25.0 Å². The first-order valence-corrected chi connectivity index (χ1v) is 11.9. The molecule has 0 spiro atoms. The molecule has 2 heterocycles. The van der Waals surface area contributed by atoms with Crippen molar-refractivity contribution >= 4 is 68.1 Å². The number of nitrogens with one attached hydrogen (secondary N) is 3. The SMILES string of the molecule is CCCS(=O)(=O)Nc1ccc(Cl)c(NC(=O)C2CSc3c(NN)ncnc32)c1Cl. The van der Waals surface area contributed by atoms with Gasteiger partial charge in [-0.3, -0.25) is 9.52 Å². The quantitative estimate of drug-likeness (QED) is 0.353. The van der Waals surface area contributed by atoms with Gasteiger partial charge in [-0.1, -0.05) is 30.1 Å². The second-order valence-electron chi connectivity index (χ2n) is 6.14. The van der Waals surface area contributed by atoms with E-state index in [9.17, 15) is 13.2 Å². The van der Waals surface area contributed by atoms with Crippen molar-refractivity contribution in [2.45, 2.75) is 24.2 Å². The predicted molar refractivity (Wildman–Crippen MR) is 116 cm³/mol. The number of nitrogen functional groups attached to an aromatic ring is 1. The molecule has 1 aromatic heterocycles. The molecule has 5 N–H and O–H groups in total. The summed E-state index contributed by atoms with van der Waals surface area (Å²) in [6, 6.07) is 2.91. The first-order chi connectivity index (χ1) is 13.8. The van der Waals surface area contributed by atoms with Crippen molar-refractivity contribution in [3.05, 3.63) is 34.2 Å². The van der Waals surface area contributed by atoms with Gasteiger partial charge in [-0.05, 0) is 18.6 Å². The van der Waals surface area contributed by atoms with Crippen LogP contribution in [0.2, 0.25) is 10.0 Å². The molecule has 0 saturated carbocycles. The standard InChI is InChI=1S/C16H18Cl2N6O3S2/c1-2-5-29(26,27)24-10-4-3-9(17)13(11(10)18)22-16(25)8-6-28-14-12(8)20-7-21-15(14)23-19/h3-4,7-8,24H,2,5-6,19H2,1H3,(H,22,25)(H,20,21,23). The first-order valence-electron chi connectivity index (χ1n) is 8.51. The van der Waals surface area contributed by atoms with Gasteiger partial charge in [0.1, 0.15) is 6.33 Å². The number of halogens is 2. The third kappa shape index (κ3) is 4.69. The lowest BCUT2D eigenvalue weighted by molar-refractivity contribution is -0.117. The first kappa shape index (κ1) is 21.9. The number of fused-ring (bicyclic) bond motifs is 1. The number of nitrogens with two attached hydrogens (primary N) is 1. The number of amides is 1. The molecule has 3 rings (SSSR count). The molecule has 13 heteroatoms. The monoisotopic (exact) mass is 476 g/mol. The lowest BCUT2D eigenvalue weighted by Crippen LogP contribution is -2.23. The molecule has 1 aromatic carbocycles. The van der Waals surface area contributed by atoms with E-state index in [1.807, 2.05) is 0 Å². The molecule has 0 fully saturated rings. The van der Waals surface area contributed by atoms with Crippen LogP contribution < -0.4 is 21.3 Å². The number of thioether (sulfide) groups is 1. The number of hydrogen-bond acceptors (Lipinski definition) is 8. The van der Waals surface area contributed by atoms with Gasteiger partial charge in [0.2, 0.25) is 15.9 Å². The molecule has 1 aliphatic rings. The summed E-state index contributed by atoms with van der Waals surface area (Å²) in [7, 11) is -3.56. The number of hydrogen-bond donors (Lipinski definition) is 4. The minimum Gasteiger partial charge on any atom is -0.323 e. The van der Waals surface area contributed by atoms with Crippen molar-refractivity contribution in [3.63, 3.8) is 0 Å². The minimum absolute atomic E-state index is 0.00315. The van der Waals surface area contributed by atoms with E-state index in [4.69, 9.17) is 29.0 Å². The Morgan fingerprint density at radius 1 is 1.34 bits per heavy atom. The molecule has 0 radical (unpaired) electrons. The lowest BCUT2D eigenvalue weighted by Gasteiger charge is -2.16. The normalized spacial score (nSPS) is 15.7. The molecule has 1 unspecified atom stereocenters. The van der Waals surface area contributed by atoms with Gasteiger partial charge in [-0.15, -0.1) is 11.8 Å². The van der Waals surface area contributed by atoms with Crippen molar-refractivity contribution < 1.29 is 13.2 Å². The fourth-order valence-corrected chi connectivity index (χ4v) is 5.72. The Morgan fingerprint density at radius 2 is 2.10 bits per heavy atom. The summed E-state index contributed by atoms with van der Waals surface area (Å²) >= 11 is 13.9. The summed E-state index contributed by atoms with van der Waals surface area (Å²) in [4.78, 5) is 21.8. The Bertz CT molecular complexity index is 1050. The van der Waals surface area contributed by atoms with Crippen molar-refractivity contribution in [2.24, 2.45) is 5.84 Å². The zero-order chi connectivity index (χ0) is 21.2. The van der Waals surface area contributed by atoms with Gasteiger partial charge in [0, 0.05) is 5.75 Å². The van der Waals surface area contributed by atoms with Crippen LogP contribution in [0.4, 0.5) is 17.2 Å². The highest BCUT2D eigenvalue weighted by Gasteiger charge is 2.34. The third-order valence-corrected chi connectivity index (χ3v) is 7.46. The van der Waals surface area contributed by atoms with Crippen LogP contribution in [-0.4, -0.2) is 35.8 Å². The molecule has 0 bridgehead atoms. The summed E-state index contributed by atoms with van der Waals surface area (Å²) < 4.78 is 26.5.